The number of nitrogens with zero attached hydrogens (tertiary/aromatic N) is 2. The third-order valence-corrected chi connectivity index (χ3v) is 8.86. The molecule has 1 radical (unpaired) electrons. The van der Waals surface area contributed by atoms with E-state index in [9.17, 15) is 0 Å². The first-order valence-corrected chi connectivity index (χ1v) is 17.3. The minimum atomic E-state index is -1.30. The van der Waals surface area contributed by atoms with E-state index in [1.165, 1.54) is 27.4 Å². The third-order valence-electron chi connectivity index (χ3n) is 6.79. The van der Waals surface area contributed by atoms with Gasteiger partial charge >= 0.3 is 0 Å². The molecule has 5 aromatic rings. The molecular formula is C36H38IrN2Si-2. The summed E-state index contributed by atoms with van der Waals surface area (Å²) >= 11 is 0. The maximum Gasteiger partial charge on any atom is 0.0798 e. The van der Waals surface area contributed by atoms with Crippen molar-refractivity contribution in [1.29, 1.82) is 0 Å². The summed E-state index contributed by atoms with van der Waals surface area (Å²) in [4.78, 5) is 9.25. The number of rotatable bonds is 6. The molecule has 0 amide bonds. The van der Waals surface area contributed by atoms with E-state index in [1.807, 2.05) is 54.7 Å². The largest absolute Gasteiger partial charge is 0.305 e. The summed E-state index contributed by atoms with van der Waals surface area (Å²) in [5, 5.41) is 1.48. The molecule has 2 nitrogen and oxygen atoms in total. The minimum Gasteiger partial charge on any atom is -0.305 e. The van der Waals surface area contributed by atoms with Crippen molar-refractivity contribution >= 4 is 13.3 Å². The molecule has 0 bridgehead atoms. The SMILES string of the molecule is CC(C)c1cnc(-c2[c-]cccc2)cc1-c1ccccc1.CCc1cc(-c2[c-]cccc2)ncc1[Si](C)(C)C.[Ir]. The number of benzene rings is 3. The van der Waals surface area contributed by atoms with Gasteiger partial charge in [-0.2, -0.15) is 0 Å². The van der Waals surface area contributed by atoms with Crippen molar-refractivity contribution in [2.75, 3.05) is 0 Å². The molecule has 0 aliphatic rings. The third kappa shape index (κ3) is 7.94. The maximum atomic E-state index is 4.63. The van der Waals surface area contributed by atoms with Crippen LogP contribution in [-0.2, 0) is 26.5 Å². The molecule has 0 atom stereocenters. The van der Waals surface area contributed by atoms with Crippen molar-refractivity contribution in [3.63, 3.8) is 0 Å². The van der Waals surface area contributed by atoms with Crippen molar-refractivity contribution in [3.8, 4) is 33.6 Å². The summed E-state index contributed by atoms with van der Waals surface area (Å²) in [5.41, 5.74) is 9.33. The Labute approximate surface area is 255 Å². The van der Waals surface area contributed by atoms with Crippen molar-refractivity contribution in [2.45, 2.75) is 52.8 Å². The summed E-state index contributed by atoms with van der Waals surface area (Å²) in [6, 6.07) is 37.4. The van der Waals surface area contributed by atoms with Crippen LogP contribution in [-0.4, -0.2) is 18.0 Å². The molecule has 2 heterocycles. The first-order chi connectivity index (χ1) is 18.8. The second-order valence-corrected chi connectivity index (χ2v) is 16.1. The summed E-state index contributed by atoms with van der Waals surface area (Å²) in [6.07, 6.45) is 5.16. The van der Waals surface area contributed by atoms with Crippen LogP contribution in [0.3, 0.4) is 0 Å². The van der Waals surface area contributed by atoms with Crippen molar-refractivity contribution in [1.82, 2.24) is 9.97 Å². The van der Waals surface area contributed by atoms with E-state index in [2.05, 4.69) is 111 Å². The molecule has 2 aromatic heterocycles. The van der Waals surface area contributed by atoms with Crippen LogP contribution < -0.4 is 5.19 Å². The molecule has 0 aliphatic carbocycles. The Balaban J connectivity index is 0.000000218. The van der Waals surface area contributed by atoms with Gasteiger partial charge in [-0.1, -0.05) is 88.4 Å². The predicted octanol–water partition coefficient (Wildman–Crippen LogP) is 8.99. The van der Waals surface area contributed by atoms with Crippen LogP contribution in [0.1, 0.15) is 37.8 Å². The molecule has 0 unspecified atom stereocenters. The summed E-state index contributed by atoms with van der Waals surface area (Å²) in [5.74, 6) is 0.446. The topological polar surface area (TPSA) is 25.8 Å². The molecular weight excluding hydrogens is 681 g/mol. The quantitative estimate of drug-likeness (QED) is 0.129. The van der Waals surface area contributed by atoms with Gasteiger partial charge in [-0.05, 0) is 45.6 Å². The monoisotopic (exact) mass is 719 g/mol. The number of hydrogen-bond donors (Lipinski definition) is 0. The van der Waals surface area contributed by atoms with Crippen LogP contribution in [0.4, 0.5) is 0 Å². The zero-order valence-corrected chi connectivity index (χ0v) is 27.7. The predicted molar refractivity (Wildman–Crippen MR) is 169 cm³/mol. The second-order valence-electron chi connectivity index (χ2n) is 11.1. The zero-order chi connectivity index (χ0) is 27.8. The number of aromatic nitrogens is 2. The Morgan fingerprint density at radius 3 is 1.77 bits per heavy atom. The standard InChI is InChI=1S/C20H18N.C16H20NSi.Ir/c1-15(2)19-14-21-20(17-11-7-4-8-12-17)13-18(19)16-9-5-3-6-10-16;1-5-13-11-15(14-9-7-6-8-10-14)17-12-16(13)18(2,3)4;/h3-11,13-15H,1-2H3;6-9,11-12H,5H2,1-4H3;/q2*-1;. The Kier molecular flexibility index (Phi) is 11.3. The average molecular weight is 719 g/mol. The van der Waals surface area contributed by atoms with E-state index in [1.54, 1.807) is 0 Å². The van der Waals surface area contributed by atoms with Gasteiger partial charge in [0.2, 0.25) is 0 Å². The molecule has 0 saturated heterocycles. The molecule has 4 heteroatoms. The number of aryl methyl sites for hydroxylation is 1. The van der Waals surface area contributed by atoms with E-state index in [-0.39, 0.29) is 20.1 Å². The van der Waals surface area contributed by atoms with Crippen LogP contribution in [0.5, 0.6) is 0 Å². The van der Waals surface area contributed by atoms with Crippen LogP contribution in [0.15, 0.2) is 103 Å². The van der Waals surface area contributed by atoms with E-state index >= 15 is 0 Å². The van der Waals surface area contributed by atoms with E-state index < -0.39 is 8.07 Å². The minimum absolute atomic E-state index is 0. The van der Waals surface area contributed by atoms with Gasteiger partial charge in [-0.3, -0.25) is 0 Å². The van der Waals surface area contributed by atoms with Gasteiger partial charge < -0.3 is 9.97 Å². The molecule has 207 valence electrons. The fourth-order valence-electron chi connectivity index (χ4n) is 4.66. The van der Waals surface area contributed by atoms with E-state index in [0.717, 1.165) is 28.9 Å². The van der Waals surface area contributed by atoms with Gasteiger partial charge in [0.05, 0.1) is 8.07 Å². The molecule has 5 rings (SSSR count). The van der Waals surface area contributed by atoms with Gasteiger partial charge in [0.1, 0.15) is 0 Å². The van der Waals surface area contributed by atoms with Gasteiger partial charge in [0, 0.05) is 32.5 Å². The molecule has 0 N–H and O–H groups in total. The molecule has 0 spiro atoms. The Morgan fingerprint density at radius 2 is 1.27 bits per heavy atom. The van der Waals surface area contributed by atoms with Gasteiger partial charge in [-0.25, -0.2) is 0 Å². The fourth-order valence-corrected chi connectivity index (χ4v) is 6.32. The Bertz CT molecular complexity index is 1480. The van der Waals surface area contributed by atoms with Crippen molar-refractivity contribution in [3.05, 3.63) is 127 Å². The van der Waals surface area contributed by atoms with Crippen LogP contribution in [0, 0.1) is 12.1 Å². The number of hydrogen-bond acceptors (Lipinski definition) is 2. The van der Waals surface area contributed by atoms with E-state index in [0.29, 0.717) is 5.92 Å². The smallest absolute Gasteiger partial charge is 0.0798 e. The second kappa shape index (κ2) is 14.5. The first kappa shape index (κ1) is 31.4. The normalized spacial score (nSPS) is 10.9. The van der Waals surface area contributed by atoms with Crippen molar-refractivity contribution < 1.29 is 20.1 Å². The molecule has 40 heavy (non-hydrogen) atoms. The first-order valence-electron chi connectivity index (χ1n) is 13.8. The maximum absolute atomic E-state index is 4.63. The fraction of sp³-hybridized carbons (Fsp3) is 0.222. The van der Waals surface area contributed by atoms with Gasteiger partial charge in [-0.15, -0.1) is 71.8 Å². The molecule has 3 aromatic carbocycles. The Hall–Kier alpha value is -3.17. The van der Waals surface area contributed by atoms with Gasteiger partial charge in [0.15, 0.2) is 0 Å². The molecule has 0 fully saturated rings. The molecule has 0 aliphatic heterocycles. The summed E-state index contributed by atoms with van der Waals surface area (Å²) in [7, 11) is -1.30. The molecule has 0 saturated carbocycles. The van der Waals surface area contributed by atoms with Crippen LogP contribution in [0.2, 0.25) is 19.6 Å². The summed E-state index contributed by atoms with van der Waals surface area (Å²) < 4.78 is 0. The van der Waals surface area contributed by atoms with Crippen molar-refractivity contribution in [2.24, 2.45) is 0 Å². The van der Waals surface area contributed by atoms with Crippen LogP contribution in [0.25, 0.3) is 33.6 Å². The van der Waals surface area contributed by atoms with E-state index in [4.69, 9.17) is 0 Å². The van der Waals surface area contributed by atoms with Gasteiger partial charge in [0.25, 0.3) is 0 Å². The Morgan fingerprint density at radius 1 is 0.725 bits per heavy atom. The summed E-state index contributed by atoms with van der Waals surface area (Å²) in [6.45, 7) is 13.7. The van der Waals surface area contributed by atoms with Crippen LogP contribution >= 0.6 is 0 Å². The average Bonchev–Trinajstić information content (AvgIpc) is 2.97. The zero-order valence-electron chi connectivity index (χ0n) is 24.3. The number of pyridine rings is 2.